The summed E-state index contributed by atoms with van der Waals surface area (Å²) in [6.45, 7) is 5.58. The van der Waals surface area contributed by atoms with Crippen LogP contribution in [-0.4, -0.2) is 13.7 Å². The monoisotopic (exact) mass is 281 g/mol. The van der Waals surface area contributed by atoms with Crippen molar-refractivity contribution in [3.8, 4) is 5.75 Å². The van der Waals surface area contributed by atoms with E-state index in [0.29, 0.717) is 6.04 Å². The summed E-state index contributed by atoms with van der Waals surface area (Å²) in [6, 6.07) is 2.58. The molecule has 0 spiro atoms. The molecule has 1 aromatic rings. The molecule has 3 heteroatoms. The van der Waals surface area contributed by atoms with Crippen molar-refractivity contribution in [2.45, 2.75) is 52.0 Å². The molecule has 0 radical (unpaired) electrons. The Bertz CT molecular complexity index is 377. The number of ether oxygens (including phenoxy) is 1. The first-order valence-electron chi connectivity index (χ1n) is 7.66. The lowest BCUT2D eigenvalue weighted by Gasteiger charge is -2.37. The average Bonchev–Trinajstić information content (AvgIpc) is 2.93. The molecule has 0 amide bonds. The minimum absolute atomic E-state index is 0.477. The van der Waals surface area contributed by atoms with Gasteiger partial charge in [0.25, 0.3) is 0 Å². The lowest BCUT2D eigenvalue weighted by molar-refractivity contribution is 0.176. The van der Waals surface area contributed by atoms with Crippen LogP contribution >= 0.6 is 11.3 Å². The van der Waals surface area contributed by atoms with Crippen LogP contribution in [0, 0.1) is 11.8 Å². The van der Waals surface area contributed by atoms with Crippen molar-refractivity contribution in [2.24, 2.45) is 11.8 Å². The molecule has 0 saturated heterocycles. The van der Waals surface area contributed by atoms with Crippen LogP contribution in [0.5, 0.6) is 5.75 Å². The van der Waals surface area contributed by atoms with Gasteiger partial charge in [-0.3, -0.25) is 0 Å². The van der Waals surface area contributed by atoms with Gasteiger partial charge < -0.3 is 10.1 Å². The Balaban J connectivity index is 2.23. The van der Waals surface area contributed by atoms with E-state index in [9.17, 15) is 0 Å². The van der Waals surface area contributed by atoms with Crippen molar-refractivity contribution >= 4 is 11.3 Å². The molecule has 0 aromatic carbocycles. The topological polar surface area (TPSA) is 21.3 Å². The zero-order chi connectivity index (χ0) is 13.7. The summed E-state index contributed by atoms with van der Waals surface area (Å²) in [4.78, 5) is 1.40. The van der Waals surface area contributed by atoms with E-state index in [4.69, 9.17) is 4.74 Å². The highest BCUT2D eigenvalue weighted by molar-refractivity contribution is 7.10. The average molecular weight is 281 g/mol. The van der Waals surface area contributed by atoms with Gasteiger partial charge in [0.05, 0.1) is 12.0 Å². The Morgan fingerprint density at radius 3 is 2.84 bits per heavy atom. The van der Waals surface area contributed by atoms with Gasteiger partial charge in [-0.2, -0.15) is 0 Å². The van der Waals surface area contributed by atoms with E-state index in [0.717, 1.165) is 24.1 Å². The molecule has 3 atom stereocenters. The lowest BCUT2D eigenvalue weighted by Crippen LogP contribution is -2.34. The fourth-order valence-electron chi connectivity index (χ4n) is 3.55. The summed E-state index contributed by atoms with van der Waals surface area (Å²) in [7, 11) is 1.78. The molecule has 1 saturated carbocycles. The van der Waals surface area contributed by atoms with Crippen molar-refractivity contribution < 1.29 is 4.74 Å². The molecule has 0 aliphatic heterocycles. The summed E-state index contributed by atoms with van der Waals surface area (Å²) in [5.41, 5.74) is 0. The fourth-order valence-corrected chi connectivity index (χ4v) is 4.56. The second-order valence-electron chi connectivity index (χ2n) is 5.51. The van der Waals surface area contributed by atoms with Crippen molar-refractivity contribution in [1.82, 2.24) is 5.32 Å². The second-order valence-corrected chi connectivity index (χ2v) is 6.45. The normalized spacial score (nSPS) is 25.2. The van der Waals surface area contributed by atoms with Crippen LogP contribution in [0.25, 0.3) is 0 Å². The third kappa shape index (κ3) is 3.32. The molecule has 19 heavy (non-hydrogen) atoms. The van der Waals surface area contributed by atoms with E-state index in [1.807, 2.05) is 11.3 Å². The molecule has 1 fully saturated rings. The number of hydrogen-bond donors (Lipinski definition) is 1. The summed E-state index contributed by atoms with van der Waals surface area (Å²) in [5.74, 6) is 2.70. The molecular weight excluding hydrogens is 254 g/mol. The summed E-state index contributed by atoms with van der Waals surface area (Å²) in [6.07, 6.45) is 6.86. The van der Waals surface area contributed by atoms with Gasteiger partial charge in [-0.25, -0.2) is 0 Å². The van der Waals surface area contributed by atoms with Crippen LogP contribution in [-0.2, 0) is 0 Å². The Morgan fingerprint density at radius 1 is 1.37 bits per heavy atom. The van der Waals surface area contributed by atoms with Gasteiger partial charge in [0.15, 0.2) is 0 Å². The van der Waals surface area contributed by atoms with Crippen LogP contribution < -0.4 is 10.1 Å². The van der Waals surface area contributed by atoms with Gasteiger partial charge in [-0.15, -0.1) is 11.3 Å². The third-order valence-electron chi connectivity index (χ3n) is 4.50. The first kappa shape index (κ1) is 14.9. The SMILES string of the molecule is CCNC(c1sccc1OC)C1CCCCC1CC. The zero-order valence-corrected chi connectivity index (χ0v) is 13.3. The summed E-state index contributed by atoms with van der Waals surface area (Å²) < 4.78 is 5.54. The summed E-state index contributed by atoms with van der Waals surface area (Å²) >= 11 is 1.84. The van der Waals surface area contributed by atoms with E-state index in [1.165, 1.54) is 37.0 Å². The Kier molecular flexibility index (Phi) is 5.71. The van der Waals surface area contributed by atoms with Gasteiger partial charge in [0.2, 0.25) is 0 Å². The van der Waals surface area contributed by atoms with Crippen molar-refractivity contribution in [2.75, 3.05) is 13.7 Å². The van der Waals surface area contributed by atoms with E-state index in [1.54, 1.807) is 7.11 Å². The van der Waals surface area contributed by atoms with Crippen molar-refractivity contribution in [3.63, 3.8) is 0 Å². The van der Waals surface area contributed by atoms with Gasteiger partial charge in [0.1, 0.15) is 5.75 Å². The van der Waals surface area contributed by atoms with E-state index in [2.05, 4.69) is 30.6 Å². The number of rotatable bonds is 6. The van der Waals surface area contributed by atoms with Gasteiger partial charge in [-0.1, -0.05) is 39.5 Å². The van der Waals surface area contributed by atoms with Crippen LogP contribution in [0.15, 0.2) is 11.4 Å². The quantitative estimate of drug-likeness (QED) is 0.821. The molecule has 2 nitrogen and oxygen atoms in total. The van der Waals surface area contributed by atoms with Crippen molar-refractivity contribution in [1.29, 1.82) is 0 Å². The molecule has 1 aliphatic rings. The molecule has 2 rings (SSSR count). The Morgan fingerprint density at radius 2 is 2.16 bits per heavy atom. The van der Waals surface area contributed by atoms with Gasteiger partial charge in [0, 0.05) is 6.04 Å². The molecule has 1 heterocycles. The fraction of sp³-hybridized carbons (Fsp3) is 0.750. The standard InChI is InChI=1S/C16H27NOS/c1-4-12-8-6-7-9-13(12)15(17-5-2)16-14(18-3)10-11-19-16/h10-13,15,17H,4-9H2,1-3H3. The van der Waals surface area contributed by atoms with E-state index < -0.39 is 0 Å². The number of nitrogens with one attached hydrogen (secondary N) is 1. The molecule has 1 N–H and O–H groups in total. The molecular formula is C16H27NOS. The summed E-state index contributed by atoms with van der Waals surface area (Å²) in [5, 5.41) is 5.88. The molecule has 108 valence electrons. The molecule has 1 aliphatic carbocycles. The number of hydrogen-bond acceptors (Lipinski definition) is 3. The minimum atomic E-state index is 0.477. The minimum Gasteiger partial charge on any atom is -0.496 e. The highest BCUT2D eigenvalue weighted by atomic mass is 32.1. The second kappa shape index (κ2) is 7.30. The van der Waals surface area contributed by atoms with Crippen LogP contribution in [0.3, 0.4) is 0 Å². The predicted molar refractivity (Wildman–Crippen MR) is 83.0 cm³/mol. The lowest BCUT2D eigenvalue weighted by atomic mass is 9.73. The Hall–Kier alpha value is -0.540. The first-order valence-corrected chi connectivity index (χ1v) is 8.54. The number of thiophene rings is 1. The predicted octanol–water partition coefficient (Wildman–Crippen LogP) is 4.62. The highest BCUT2D eigenvalue weighted by Crippen LogP contribution is 2.44. The van der Waals surface area contributed by atoms with Crippen LogP contribution in [0.2, 0.25) is 0 Å². The van der Waals surface area contributed by atoms with Crippen molar-refractivity contribution in [3.05, 3.63) is 16.3 Å². The molecule has 0 bridgehead atoms. The molecule has 3 unspecified atom stereocenters. The van der Waals surface area contributed by atoms with E-state index >= 15 is 0 Å². The maximum Gasteiger partial charge on any atom is 0.134 e. The largest absolute Gasteiger partial charge is 0.496 e. The number of methoxy groups -OCH3 is 1. The highest BCUT2D eigenvalue weighted by Gasteiger charge is 2.33. The van der Waals surface area contributed by atoms with Crippen LogP contribution in [0.1, 0.15) is 56.9 Å². The van der Waals surface area contributed by atoms with Gasteiger partial charge >= 0.3 is 0 Å². The first-order chi connectivity index (χ1) is 9.31. The molecule has 1 aromatic heterocycles. The smallest absolute Gasteiger partial charge is 0.134 e. The van der Waals surface area contributed by atoms with Crippen LogP contribution in [0.4, 0.5) is 0 Å². The third-order valence-corrected chi connectivity index (χ3v) is 5.49. The maximum atomic E-state index is 5.54. The van der Waals surface area contributed by atoms with Gasteiger partial charge in [-0.05, 0) is 36.2 Å². The maximum absolute atomic E-state index is 5.54. The Labute approximate surface area is 121 Å². The zero-order valence-electron chi connectivity index (χ0n) is 12.4. The van der Waals surface area contributed by atoms with E-state index in [-0.39, 0.29) is 0 Å².